The molecule has 1 N–H and O–H groups in total. The molecule has 0 unspecified atom stereocenters. The minimum absolute atomic E-state index is 0.424. The van der Waals surface area contributed by atoms with Crippen LogP contribution < -0.4 is 5.32 Å². The molecular weight excluding hydrogens is 142 g/mol. The number of nitrogens with one attached hydrogen (secondary N) is 1. The van der Waals surface area contributed by atoms with Crippen LogP contribution in [0, 0.1) is 0 Å². The van der Waals surface area contributed by atoms with Crippen molar-refractivity contribution in [1.82, 2.24) is 5.32 Å². The predicted molar refractivity (Wildman–Crippen MR) is 41.2 cm³/mol. The van der Waals surface area contributed by atoms with E-state index in [9.17, 15) is 4.79 Å². The Morgan fingerprint density at radius 2 is 2.45 bits per heavy atom. The van der Waals surface area contributed by atoms with Gasteiger partial charge in [-0.1, -0.05) is 0 Å². The van der Waals surface area contributed by atoms with Gasteiger partial charge in [-0.3, -0.25) is 0 Å². The predicted octanol–water partition coefficient (Wildman–Crippen LogP) is 0.739. The van der Waals surface area contributed by atoms with E-state index in [-0.39, 0.29) is 0 Å². The lowest BCUT2D eigenvalue weighted by Crippen LogP contribution is -2.09. The Morgan fingerprint density at radius 1 is 1.64 bits per heavy atom. The first kappa shape index (κ1) is 7.63. The third-order valence-electron chi connectivity index (χ3n) is 1.21. The molecule has 0 saturated heterocycles. The molecule has 1 rings (SSSR count). The van der Waals surface area contributed by atoms with Gasteiger partial charge in [0.25, 0.3) is 0 Å². The van der Waals surface area contributed by atoms with Crippen LogP contribution in [0.4, 0.5) is 0 Å². The quantitative estimate of drug-likeness (QED) is 0.591. The van der Waals surface area contributed by atoms with E-state index >= 15 is 0 Å². The zero-order chi connectivity index (χ0) is 8.10. The molecule has 1 aliphatic rings. The van der Waals surface area contributed by atoms with Crippen LogP contribution in [0.5, 0.6) is 0 Å². The normalized spacial score (nSPS) is 15.0. The molecule has 1 aliphatic heterocycles. The van der Waals surface area contributed by atoms with Crippen LogP contribution in [0.25, 0.3) is 0 Å². The van der Waals surface area contributed by atoms with Crippen LogP contribution in [0.2, 0.25) is 0 Å². The largest absolute Gasteiger partial charge is 0.492 e. The van der Waals surface area contributed by atoms with E-state index in [0.29, 0.717) is 12.3 Å². The van der Waals surface area contributed by atoms with Gasteiger partial charge in [-0.15, -0.1) is 0 Å². The first-order valence-corrected chi connectivity index (χ1v) is 3.39. The van der Waals surface area contributed by atoms with Crippen molar-refractivity contribution in [2.24, 2.45) is 0 Å². The first-order chi connectivity index (χ1) is 5.36. The smallest absolute Gasteiger partial charge is 0.150 e. The molecule has 0 aromatic carbocycles. The molecule has 11 heavy (non-hydrogen) atoms. The Hall–Kier alpha value is -1.47. The number of rotatable bonds is 2. The first-order valence-electron chi connectivity index (χ1n) is 3.39. The second kappa shape index (κ2) is 3.64. The Balaban J connectivity index is 2.59. The summed E-state index contributed by atoms with van der Waals surface area (Å²) in [6.07, 6.45) is 4.97. The maximum absolute atomic E-state index is 10.1. The second-order valence-corrected chi connectivity index (χ2v) is 1.97. The van der Waals surface area contributed by atoms with Gasteiger partial charge in [0.05, 0.1) is 6.61 Å². The maximum atomic E-state index is 10.1. The minimum Gasteiger partial charge on any atom is -0.492 e. The van der Waals surface area contributed by atoms with Crippen LogP contribution in [0.3, 0.4) is 0 Å². The van der Waals surface area contributed by atoms with Crippen molar-refractivity contribution in [3.05, 3.63) is 29.8 Å². The monoisotopic (exact) mass is 151 g/mol. The van der Waals surface area contributed by atoms with Crippen molar-refractivity contribution >= 4 is 5.94 Å². The average molecular weight is 151 g/mol. The fraction of sp³-hybridized carbons (Fsp3) is 0.250. The van der Waals surface area contributed by atoms with E-state index in [4.69, 9.17) is 4.74 Å². The topological polar surface area (TPSA) is 38.3 Å². The molecule has 1 heterocycles. The number of carbonyl (C=O) groups excluding carboxylic acids is 1. The Bertz CT molecular complexity index is 247. The van der Waals surface area contributed by atoms with Crippen molar-refractivity contribution in [3.8, 4) is 0 Å². The summed E-state index contributed by atoms with van der Waals surface area (Å²) in [7, 11) is 0. The molecule has 0 fully saturated rings. The molecule has 0 atom stereocenters. The summed E-state index contributed by atoms with van der Waals surface area (Å²) in [5.41, 5.74) is 0.424. The summed E-state index contributed by atoms with van der Waals surface area (Å²) in [6.45, 7) is 2.53. The number of ether oxygens (including phenoxy) is 1. The lowest BCUT2D eigenvalue weighted by Gasteiger charge is -2.08. The number of dihydropyridines is 1. The number of hydrogen-bond donors (Lipinski definition) is 1. The van der Waals surface area contributed by atoms with Gasteiger partial charge in [-0.05, 0) is 19.1 Å². The lowest BCUT2D eigenvalue weighted by molar-refractivity contribution is 0.240. The summed E-state index contributed by atoms with van der Waals surface area (Å²) in [5.74, 6) is 2.46. The van der Waals surface area contributed by atoms with E-state index < -0.39 is 0 Å². The second-order valence-electron chi connectivity index (χ2n) is 1.97. The summed E-state index contributed by atoms with van der Waals surface area (Å²) in [6, 6.07) is 0. The Kier molecular flexibility index (Phi) is 2.53. The van der Waals surface area contributed by atoms with Gasteiger partial charge in [0.1, 0.15) is 11.5 Å². The van der Waals surface area contributed by atoms with E-state index in [1.165, 1.54) is 0 Å². The van der Waals surface area contributed by atoms with Gasteiger partial charge in [-0.25, -0.2) is 4.79 Å². The fourth-order valence-electron chi connectivity index (χ4n) is 0.731. The molecule has 0 aromatic rings. The van der Waals surface area contributed by atoms with Gasteiger partial charge in [0.15, 0.2) is 5.94 Å². The molecule has 0 bridgehead atoms. The number of hydrogen-bond acceptors (Lipinski definition) is 3. The van der Waals surface area contributed by atoms with Crippen LogP contribution in [-0.2, 0) is 9.53 Å². The highest BCUT2D eigenvalue weighted by Crippen LogP contribution is 2.04. The molecule has 0 amide bonds. The third kappa shape index (κ3) is 1.99. The van der Waals surface area contributed by atoms with Gasteiger partial charge in [0, 0.05) is 6.20 Å². The molecule has 0 radical (unpaired) electrons. The van der Waals surface area contributed by atoms with Crippen LogP contribution in [0.1, 0.15) is 6.92 Å². The van der Waals surface area contributed by atoms with E-state index in [0.717, 1.165) is 5.76 Å². The molecule has 58 valence electrons. The van der Waals surface area contributed by atoms with E-state index in [1.54, 1.807) is 24.3 Å². The molecule has 0 aromatic heterocycles. The molecule has 3 heteroatoms. The van der Waals surface area contributed by atoms with Crippen molar-refractivity contribution in [2.75, 3.05) is 6.61 Å². The number of allylic oxidation sites excluding steroid dienone is 2. The standard InChI is InChI=1S/C8H9NO2/c1-2-11-8-4-3-7(6-10)9-5-8/h3-5,9H,2H2,1H3. The van der Waals surface area contributed by atoms with E-state index in [2.05, 4.69) is 5.32 Å². The van der Waals surface area contributed by atoms with Crippen molar-refractivity contribution in [2.45, 2.75) is 6.92 Å². The zero-order valence-corrected chi connectivity index (χ0v) is 6.26. The molecule has 0 spiro atoms. The Morgan fingerprint density at radius 3 is 2.91 bits per heavy atom. The van der Waals surface area contributed by atoms with Crippen LogP contribution in [0.15, 0.2) is 29.8 Å². The zero-order valence-electron chi connectivity index (χ0n) is 6.26. The van der Waals surface area contributed by atoms with Crippen molar-refractivity contribution in [3.63, 3.8) is 0 Å². The molecule has 0 saturated carbocycles. The summed E-state index contributed by atoms with van der Waals surface area (Å²) < 4.78 is 5.14. The summed E-state index contributed by atoms with van der Waals surface area (Å²) in [4.78, 5) is 10.1. The SMILES string of the molecule is CCOC1=CNC(=C=O)C=C1. The molecular formula is C8H9NO2. The average Bonchev–Trinajstić information content (AvgIpc) is 2.07. The third-order valence-corrected chi connectivity index (χ3v) is 1.21. The summed E-state index contributed by atoms with van der Waals surface area (Å²) in [5, 5.41) is 2.72. The van der Waals surface area contributed by atoms with Crippen LogP contribution >= 0.6 is 0 Å². The highest BCUT2D eigenvalue weighted by Gasteiger charge is 1.99. The molecule has 0 aliphatic carbocycles. The van der Waals surface area contributed by atoms with E-state index in [1.807, 2.05) is 6.92 Å². The Labute approximate surface area is 65.0 Å². The lowest BCUT2D eigenvalue weighted by atomic mass is 10.3. The fourth-order valence-corrected chi connectivity index (χ4v) is 0.731. The minimum atomic E-state index is 0.424. The molecule has 3 nitrogen and oxygen atoms in total. The highest BCUT2D eigenvalue weighted by molar-refractivity contribution is 5.58. The van der Waals surface area contributed by atoms with Gasteiger partial charge < -0.3 is 10.1 Å². The maximum Gasteiger partial charge on any atom is 0.150 e. The van der Waals surface area contributed by atoms with Crippen LogP contribution in [-0.4, -0.2) is 12.5 Å². The van der Waals surface area contributed by atoms with Gasteiger partial charge in [-0.2, -0.15) is 0 Å². The summed E-state index contributed by atoms with van der Waals surface area (Å²) >= 11 is 0. The van der Waals surface area contributed by atoms with Gasteiger partial charge >= 0.3 is 0 Å². The van der Waals surface area contributed by atoms with Crippen molar-refractivity contribution in [1.29, 1.82) is 0 Å². The van der Waals surface area contributed by atoms with Crippen molar-refractivity contribution < 1.29 is 9.53 Å². The van der Waals surface area contributed by atoms with Gasteiger partial charge in [0.2, 0.25) is 0 Å². The highest BCUT2D eigenvalue weighted by atomic mass is 16.5.